The van der Waals surface area contributed by atoms with Gasteiger partial charge < -0.3 is 33.2 Å². The first kappa shape index (κ1) is 29.9. The largest absolute Gasteiger partial charge is 0.493 e. The smallest absolute Gasteiger partial charge is 0.308 e. The van der Waals surface area contributed by atoms with Crippen molar-refractivity contribution in [2.45, 2.75) is 52.9 Å². The van der Waals surface area contributed by atoms with Crippen molar-refractivity contribution in [3.63, 3.8) is 0 Å². The number of benzene rings is 2. The monoisotopic (exact) mass is 532 g/mol. The van der Waals surface area contributed by atoms with E-state index in [0.29, 0.717) is 11.3 Å². The van der Waals surface area contributed by atoms with E-state index in [1.807, 2.05) is 0 Å². The van der Waals surface area contributed by atoms with Gasteiger partial charge in [-0.2, -0.15) is 0 Å². The van der Waals surface area contributed by atoms with Gasteiger partial charge in [0.1, 0.15) is 18.5 Å². The van der Waals surface area contributed by atoms with Crippen molar-refractivity contribution in [3.05, 3.63) is 47.5 Å². The lowest BCUT2D eigenvalue weighted by Crippen LogP contribution is -2.34. The van der Waals surface area contributed by atoms with E-state index in [-0.39, 0.29) is 23.9 Å². The van der Waals surface area contributed by atoms with Gasteiger partial charge in [-0.15, -0.1) is 0 Å². The molecule has 38 heavy (non-hydrogen) atoms. The van der Waals surface area contributed by atoms with Crippen LogP contribution in [0.4, 0.5) is 0 Å². The van der Waals surface area contributed by atoms with Gasteiger partial charge >= 0.3 is 23.9 Å². The van der Waals surface area contributed by atoms with Crippen LogP contribution in [0.15, 0.2) is 36.4 Å². The van der Waals surface area contributed by atoms with E-state index in [4.69, 9.17) is 33.2 Å². The van der Waals surface area contributed by atoms with Gasteiger partial charge in [-0.3, -0.25) is 19.2 Å². The molecule has 0 amide bonds. The Labute approximate surface area is 220 Å². The summed E-state index contributed by atoms with van der Waals surface area (Å²) in [6, 6.07) is 9.72. The van der Waals surface area contributed by atoms with Gasteiger partial charge in [0.15, 0.2) is 23.7 Å². The zero-order chi connectivity index (χ0) is 28.4. The predicted molar refractivity (Wildman–Crippen MR) is 133 cm³/mol. The van der Waals surface area contributed by atoms with Crippen LogP contribution in [0.2, 0.25) is 0 Å². The third-order valence-electron chi connectivity index (χ3n) is 5.12. The van der Waals surface area contributed by atoms with E-state index in [0.717, 1.165) is 5.56 Å². The zero-order valence-electron chi connectivity index (χ0n) is 22.4. The van der Waals surface area contributed by atoms with Crippen LogP contribution in [0.1, 0.15) is 58.0 Å². The summed E-state index contributed by atoms with van der Waals surface area (Å²) in [6.45, 7) is 6.49. The van der Waals surface area contributed by atoms with Gasteiger partial charge in [0.2, 0.25) is 5.75 Å². The van der Waals surface area contributed by atoms with Crippen LogP contribution in [0.3, 0.4) is 0 Å². The van der Waals surface area contributed by atoms with Crippen molar-refractivity contribution in [2.24, 2.45) is 0 Å². The quantitative estimate of drug-likeness (QED) is 0.224. The summed E-state index contributed by atoms with van der Waals surface area (Å²) in [6.07, 6.45) is -2.57. The standard InChI is InChI=1S/C27H32O11/c1-15(35-17(3)29)20-8-10-22(11-9-20)38-25(14-34-16(2)28)26(36-18(4)30)21-12-23(32-6)27(37-19(5)31)24(13-21)33-7/h8-13,15,25-26H,14H2,1-7H3/t15?,25-,26-/m1/s1. The lowest BCUT2D eigenvalue weighted by atomic mass is 10.0. The Hall–Kier alpha value is -4.28. The molecule has 1 unspecified atom stereocenters. The molecule has 0 aliphatic carbocycles. The van der Waals surface area contributed by atoms with E-state index in [1.165, 1.54) is 54.0 Å². The molecule has 0 radical (unpaired) electrons. The highest BCUT2D eigenvalue weighted by atomic mass is 16.6. The molecular formula is C27H32O11. The molecule has 3 atom stereocenters. The lowest BCUT2D eigenvalue weighted by Gasteiger charge is -2.28. The van der Waals surface area contributed by atoms with Gasteiger partial charge in [0.05, 0.1) is 14.2 Å². The average molecular weight is 533 g/mol. The van der Waals surface area contributed by atoms with E-state index in [2.05, 4.69) is 0 Å². The van der Waals surface area contributed by atoms with E-state index < -0.39 is 42.2 Å². The number of esters is 4. The van der Waals surface area contributed by atoms with Crippen LogP contribution in [-0.4, -0.2) is 50.8 Å². The molecule has 0 aliphatic heterocycles. The van der Waals surface area contributed by atoms with E-state index in [1.54, 1.807) is 31.2 Å². The first-order valence-corrected chi connectivity index (χ1v) is 11.6. The van der Waals surface area contributed by atoms with Gasteiger partial charge in [-0.25, -0.2) is 0 Å². The molecule has 11 nitrogen and oxygen atoms in total. The molecule has 2 aromatic rings. The summed E-state index contributed by atoms with van der Waals surface area (Å²) >= 11 is 0. The predicted octanol–water partition coefficient (Wildman–Crippen LogP) is 3.87. The fourth-order valence-corrected chi connectivity index (χ4v) is 3.54. The highest BCUT2D eigenvalue weighted by molar-refractivity contribution is 5.72. The molecule has 2 rings (SSSR count). The second-order valence-corrected chi connectivity index (χ2v) is 8.16. The molecule has 0 saturated carbocycles. The summed E-state index contributed by atoms with van der Waals surface area (Å²) in [5, 5.41) is 0. The first-order chi connectivity index (χ1) is 17.9. The molecule has 0 bridgehead atoms. The van der Waals surface area contributed by atoms with Crippen molar-refractivity contribution in [2.75, 3.05) is 20.8 Å². The maximum absolute atomic E-state index is 12.1. The minimum absolute atomic E-state index is 0.0442. The second-order valence-electron chi connectivity index (χ2n) is 8.16. The molecule has 0 fully saturated rings. The van der Waals surface area contributed by atoms with Crippen molar-refractivity contribution in [3.8, 4) is 23.0 Å². The molecule has 0 aliphatic rings. The normalized spacial score (nSPS) is 12.8. The van der Waals surface area contributed by atoms with E-state index >= 15 is 0 Å². The topological polar surface area (TPSA) is 133 Å². The maximum Gasteiger partial charge on any atom is 0.308 e. The molecule has 0 aromatic heterocycles. The third-order valence-corrected chi connectivity index (χ3v) is 5.12. The summed E-state index contributed by atoms with van der Waals surface area (Å²) in [7, 11) is 2.75. The molecule has 0 heterocycles. The van der Waals surface area contributed by atoms with Crippen molar-refractivity contribution < 1.29 is 52.3 Å². The van der Waals surface area contributed by atoms with E-state index in [9.17, 15) is 19.2 Å². The second kappa shape index (κ2) is 13.9. The average Bonchev–Trinajstić information content (AvgIpc) is 2.84. The third kappa shape index (κ3) is 8.68. The minimum atomic E-state index is -1.10. The van der Waals surface area contributed by atoms with Gasteiger partial charge in [-0.1, -0.05) is 12.1 Å². The molecule has 0 saturated heterocycles. The Kier molecular flexibility index (Phi) is 10.9. The Morgan fingerprint density at radius 1 is 0.737 bits per heavy atom. The van der Waals surface area contributed by atoms with Gasteiger partial charge in [0.25, 0.3) is 0 Å². The number of carbonyl (C=O) groups is 4. The van der Waals surface area contributed by atoms with Crippen LogP contribution in [0.5, 0.6) is 23.0 Å². The lowest BCUT2D eigenvalue weighted by molar-refractivity contribution is -0.157. The molecular weight excluding hydrogens is 500 g/mol. The molecule has 2 aromatic carbocycles. The molecule has 206 valence electrons. The van der Waals surface area contributed by atoms with Crippen molar-refractivity contribution in [1.29, 1.82) is 0 Å². The number of carbonyl (C=O) groups excluding carboxylic acids is 4. The number of methoxy groups -OCH3 is 2. The fraction of sp³-hybridized carbons (Fsp3) is 0.407. The van der Waals surface area contributed by atoms with Crippen LogP contribution >= 0.6 is 0 Å². The van der Waals surface area contributed by atoms with Crippen LogP contribution in [0.25, 0.3) is 0 Å². The Morgan fingerprint density at radius 3 is 1.74 bits per heavy atom. The zero-order valence-corrected chi connectivity index (χ0v) is 22.4. The summed E-state index contributed by atoms with van der Waals surface area (Å²) in [5.74, 6) is -1.49. The van der Waals surface area contributed by atoms with Crippen LogP contribution in [-0.2, 0) is 33.4 Å². The first-order valence-electron chi connectivity index (χ1n) is 11.6. The number of ether oxygens (including phenoxy) is 7. The molecule has 0 N–H and O–H groups in total. The Balaban J connectivity index is 2.51. The summed E-state index contributed by atoms with van der Waals surface area (Å²) < 4.78 is 38.1. The van der Waals surface area contributed by atoms with Crippen molar-refractivity contribution >= 4 is 23.9 Å². The number of hydrogen-bond donors (Lipinski definition) is 0. The number of hydrogen-bond acceptors (Lipinski definition) is 11. The molecule has 11 heteroatoms. The Morgan fingerprint density at radius 2 is 1.29 bits per heavy atom. The van der Waals surface area contributed by atoms with Gasteiger partial charge in [0, 0.05) is 33.3 Å². The minimum Gasteiger partial charge on any atom is -0.493 e. The number of rotatable bonds is 12. The van der Waals surface area contributed by atoms with Crippen LogP contribution in [0, 0.1) is 0 Å². The van der Waals surface area contributed by atoms with Gasteiger partial charge in [-0.05, 0) is 36.8 Å². The summed E-state index contributed by atoms with van der Waals surface area (Å²) in [4.78, 5) is 46.6. The Bertz CT molecular complexity index is 1120. The van der Waals surface area contributed by atoms with Crippen LogP contribution < -0.4 is 18.9 Å². The summed E-state index contributed by atoms with van der Waals surface area (Å²) in [5.41, 5.74) is 1.10. The van der Waals surface area contributed by atoms with Crippen molar-refractivity contribution in [1.82, 2.24) is 0 Å². The SMILES string of the molecule is COc1cc([C@@H](OC(C)=O)[C@@H](COC(C)=O)Oc2ccc(C(C)OC(C)=O)cc2)cc(OC)c1OC(C)=O. The molecule has 0 spiro atoms. The highest BCUT2D eigenvalue weighted by Gasteiger charge is 2.32. The maximum atomic E-state index is 12.1. The fourth-order valence-electron chi connectivity index (χ4n) is 3.54. The highest BCUT2D eigenvalue weighted by Crippen LogP contribution is 2.42.